The van der Waals surface area contributed by atoms with Gasteiger partial charge >= 0.3 is 15.6 Å². The number of rotatable bonds is 3. The zero-order valence-corrected chi connectivity index (χ0v) is 12.7. The molecule has 1 aliphatic rings. The molecule has 1 fully saturated rings. The summed E-state index contributed by atoms with van der Waals surface area (Å²) in [6, 6.07) is 9.15. The SMILES string of the molecule is C/C(OS(=O)(=O)C(F)(F)F)=C1\C[C@@H](c2ccccc2)O[C@H]1C. The van der Waals surface area contributed by atoms with Gasteiger partial charge < -0.3 is 8.92 Å². The molecule has 0 bridgehead atoms. The number of benzene rings is 1. The van der Waals surface area contributed by atoms with Crippen molar-refractivity contribution in [2.45, 2.75) is 38.0 Å². The van der Waals surface area contributed by atoms with Gasteiger partial charge in [-0.1, -0.05) is 30.3 Å². The summed E-state index contributed by atoms with van der Waals surface area (Å²) in [5.41, 5.74) is -4.17. The van der Waals surface area contributed by atoms with Crippen LogP contribution in [0, 0.1) is 0 Å². The average Bonchev–Trinajstić information content (AvgIpc) is 2.80. The van der Waals surface area contributed by atoms with Crippen LogP contribution in [0.25, 0.3) is 0 Å². The van der Waals surface area contributed by atoms with E-state index in [0.717, 1.165) is 5.56 Å². The van der Waals surface area contributed by atoms with Crippen molar-refractivity contribution in [1.29, 1.82) is 0 Å². The lowest BCUT2D eigenvalue weighted by Gasteiger charge is -2.13. The summed E-state index contributed by atoms with van der Waals surface area (Å²) >= 11 is 0. The third kappa shape index (κ3) is 3.44. The van der Waals surface area contributed by atoms with Gasteiger partial charge in [-0.3, -0.25) is 0 Å². The Balaban J connectivity index is 2.22. The summed E-state index contributed by atoms with van der Waals surface area (Å²) < 4.78 is 69.0. The highest BCUT2D eigenvalue weighted by atomic mass is 32.2. The van der Waals surface area contributed by atoms with E-state index in [-0.39, 0.29) is 18.3 Å². The lowest BCUT2D eigenvalue weighted by molar-refractivity contribution is -0.0522. The molecule has 2 rings (SSSR count). The van der Waals surface area contributed by atoms with Crippen molar-refractivity contribution in [1.82, 2.24) is 0 Å². The number of ether oxygens (including phenoxy) is 1. The van der Waals surface area contributed by atoms with Crippen molar-refractivity contribution >= 4 is 10.1 Å². The van der Waals surface area contributed by atoms with Crippen LogP contribution in [0.15, 0.2) is 41.7 Å². The molecular formula is C14H15F3O4S. The summed E-state index contributed by atoms with van der Waals surface area (Å²) in [4.78, 5) is 0. The predicted molar refractivity (Wildman–Crippen MR) is 73.1 cm³/mol. The topological polar surface area (TPSA) is 52.6 Å². The maximum atomic E-state index is 12.4. The van der Waals surface area contributed by atoms with Crippen LogP contribution in [-0.4, -0.2) is 20.0 Å². The third-order valence-corrected chi connectivity index (χ3v) is 4.44. The van der Waals surface area contributed by atoms with Crippen LogP contribution in [0.4, 0.5) is 13.2 Å². The molecule has 0 aromatic heterocycles. The third-order valence-electron chi connectivity index (χ3n) is 3.41. The first-order valence-electron chi connectivity index (χ1n) is 6.52. The number of allylic oxidation sites excluding steroid dienone is 1. The normalized spacial score (nSPS) is 25.1. The van der Waals surface area contributed by atoms with E-state index in [1.807, 2.05) is 30.3 Å². The Hall–Kier alpha value is -1.54. The van der Waals surface area contributed by atoms with Gasteiger partial charge in [-0.15, -0.1) is 0 Å². The first-order valence-corrected chi connectivity index (χ1v) is 7.93. The lowest BCUT2D eigenvalue weighted by atomic mass is 10.0. The lowest BCUT2D eigenvalue weighted by Crippen LogP contribution is -2.25. The van der Waals surface area contributed by atoms with Gasteiger partial charge in [0, 0.05) is 12.0 Å². The Labute approximate surface area is 126 Å². The second-order valence-corrected chi connectivity index (χ2v) is 6.48. The molecule has 4 nitrogen and oxygen atoms in total. The van der Waals surface area contributed by atoms with Crippen LogP contribution in [0.3, 0.4) is 0 Å². The molecule has 0 spiro atoms. The van der Waals surface area contributed by atoms with Crippen LogP contribution in [0.5, 0.6) is 0 Å². The van der Waals surface area contributed by atoms with Gasteiger partial charge in [0.25, 0.3) is 0 Å². The number of hydrogen-bond acceptors (Lipinski definition) is 4. The van der Waals surface area contributed by atoms with Crippen LogP contribution >= 0.6 is 0 Å². The number of hydrogen-bond donors (Lipinski definition) is 0. The van der Waals surface area contributed by atoms with E-state index < -0.39 is 21.7 Å². The molecule has 1 heterocycles. The summed E-state index contributed by atoms with van der Waals surface area (Å²) in [5, 5.41) is 0. The van der Waals surface area contributed by atoms with Gasteiger partial charge in [0.15, 0.2) is 0 Å². The zero-order chi connectivity index (χ0) is 16.5. The Morgan fingerprint density at radius 2 is 1.86 bits per heavy atom. The predicted octanol–water partition coefficient (Wildman–Crippen LogP) is 3.68. The molecule has 122 valence electrons. The second kappa shape index (κ2) is 5.92. The van der Waals surface area contributed by atoms with Crippen molar-refractivity contribution < 1.29 is 30.5 Å². The van der Waals surface area contributed by atoms with E-state index in [0.29, 0.717) is 5.57 Å². The molecule has 0 amide bonds. The van der Waals surface area contributed by atoms with Gasteiger partial charge in [0.2, 0.25) is 0 Å². The molecule has 0 aliphatic carbocycles. The highest BCUT2D eigenvalue weighted by molar-refractivity contribution is 7.87. The Bertz CT molecular complexity index is 665. The minimum atomic E-state index is -5.65. The van der Waals surface area contributed by atoms with E-state index in [1.54, 1.807) is 6.92 Å². The fourth-order valence-electron chi connectivity index (χ4n) is 2.30. The van der Waals surface area contributed by atoms with E-state index in [4.69, 9.17) is 4.74 Å². The van der Waals surface area contributed by atoms with Crippen molar-refractivity contribution in [2.75, 3.05) is 0 Å². The summed E-state index contributed by atoms with van der Waals surface area (Å²) in [5.74, 6) is -0.289. The summed E-state index contributed by atoms with van der Waals surface area (Å²) in [6.07, 6.45) is -0.573. The molecule has 0 unspecified atom stereocenters. The Morgan fingerprint density at radius 3 is 2.41 bits per heavy atom. The molecule has 1 aliphatic heterocycles. The van der Waals surface area contributed by atoms with Gasteiger partial charge in [0.1, 0.15) is 5.76 Å². The number of halogens is 3. The smallest absolute Gasteiger partial charge is 0.381 e. The van der Waals surface area contributed by atoms with Crippen LogP contribution in [0.1, 0.15) is 31.9 Å². The number of alkyl halides is 3. The molecule has 22 heavy (non-hydrogen) atoms. The summed E-state index contributed by atoms with van der Waals surface area (Å²) in [6.45, 7) is 2.84. The van der Waals surface area contributed by atoms with Crippen LogP contribution < -0.4 is 0 Å². The summed E-state index contributed by atoms with van der Waals surface area (Å²) in [7, 11) is -5.65. The fourth-order valence-corrected chi connectivity index (χ4v) is 2.83. The maximum absolute atomic E-state index is 12.4. The molecule has 1 aromatic carbocycles. The van der Waals surface area contributed by atoms with Crippen molar-refractivity contribution in [3.63, 3.8) is 0 Å². The molecule has 8 heteroatoms. The highest BCUT2D eigenvalue weighted by Crippen LogP contribution is 2.39. The molecule has 1 aromatic rings. The Morgan fingerprint density at radius 1 is 1.27 bits per heavy atom. The van der Waals surface area contributed by atoms with Crippen LogP contribution in [-0.2, 0) is 19.0 Å². The highest BCUT2D eigenvalue weighted by Gasteiger charge is 2.49. The molecule has 0 N–H and O–H groups in total. The fraction of sp³-hybridized carbons (Fsp3) is 0.429. The first-order chi connectivity index (χ1) is 10.1. The second-order valence-electron chi connectivity index (χ2n) is 4.95. The van der Waals surface area contributed by atoms with Crippen molar-refractivity contribution in [3.05, 3.63) is 47.2 Å². The Kier molecular flexibility index (Phi) is 4.53. The first kappa shape index (κ1) is 16.8. The molecule has 2 atom stereocenters. The molecule has 0 saturated carbocycles. The molecule has 1 saturated heterocycles. The zero-order valence-electron chi connectivity index (χ0n) is 11.9. The molecular weight excluding hydrogens is 321 g/mol. The maximum Gasteiger partial charge on any atom is 0.534 e. The van der Waals surface area contributed by atoms with Gasteiger partial charge in [-0.2, -0.15) is 21.6 Å². The van der Waals surface area contributed by atoms with Gasteiger partial charge in [-0.25, -0.2) is 0 Å². The van der Waals surface area contributed by atoms with Crippen molar-refractivity contribution in [2.24, 2.45) is 0 Å². The van der Waals surface area contributed by atoms with E-state index in [2.05, 4.69) is 4.18 Å². The minimum absolute atomic E-state index is 0.282. The van der Waals surface area contributed by atoms with E-state index >= 15 is 0 Å². The standard InChI is InChI=1S/C14H15F3O4S/c1-9-12(10(2)21-22(18,19)14(15,16)17)8-13(20-9)11-6-4-3-5-7-11/h3-7,9,13H,8H2,1-2H3/b12-10-/t9-,13-/m0/s1. The largest absolute Gasteiger partial charge is 0.534 e. The van der Waals surface area contributed by atoms with Gasteiger partial charge in [0.05, 0.1) is 12.2 Å². The minimum Gasteiger partial charge on any atom is -0.381 e. The quantitative estimate of drug-likeness (QED) is 0.480. The average molecular weight is 336 g/mol. The van der Waals surface area contributed by atoms with E-state index in [9.17, 15) is 21.6 Å². The monoisotopic (exact) mass is 336 g/mol. The van der Waals surface area contributed by atoms with Crippen molar-refractivity contribution in [3.8, 4) is 0 Å². The molecule has 0 radical (unpaired) electrons. The van der Waals surface area contributed by atoms with E-state index in [1.165, 1.54) is 6.92 Å². The van der Waals surface area contributed by atoms with Crippen LogP contribution in [0.2, 0.25) is 0 Å². The van der Waals surface area contributed by atoms with Gasteiger partial charge in [-0.05, 0) is 19.4 Å².